The average molecular weight is 358 g/mol. The zero-order chi connectivity index (χ0) is 18.0. The summed E-state index contributed by atoms with van der Waals surface area (Å²) in [5.41, 5.74) is 0.243. The van der Waals surface area contributed by atoms with Crippen LogP contribution in [0.4, 0.5) is 10.1 Å². The summed E-state index contributed by atoms with van der Waals surface area (Å²) in [6.45, 7) is 3.17. The molecule has 7 heteroatoms. The highest BCUT2D eigenvalue weighted by Crippen LogP contribution is 2.33. The summed E-state index contributed by atoms with van der Waals surface area (Å²) in [6, 6.07) is 6.22. The van der Waals surface area contributed by atoms with Gasteiger partial charge in [0.05, 0.1) is 18.7 Å². The largest absolute Gasteiger partial charge is 0.363 e. The number of anilines is 1. The van der Waals surface area contributed by atoms with Crippen molar-refractivity contribution in [2.24, 2.45) is 0 Å². The maximum absolute atomic E-state index is 13.6. The van der Waals surface area contributed by atoms with Gasteiger partial charge in [0.2, 0.25) is 0 Å². The molecule has 1 N–H and O–H groups in total. The highest BCUT2D eigenvalue weighted by molar-refractivity contribution is 5.95. The number of aromatic nitrogens is 2. The van der Waals surface area contributed by atoms with Gasteiger partial charge in [-0.1, -0.05) is 6.07 Å². The second kappa shape index (κ2) is 7.17. The normalized spacial score (nSPS) is 24.8. The number of carbonyl (C=O) groups excluding carboxylic acids is 1. The van der Waals surface area contributed by atoms with E-state index in [2.05, 4.69) is 14.9 Å². The Kier molecular flexibility index (Phi) is 4.74. The second-order valence-electron chi connectivity index (χ2n) is 7.10. The number of imidazole rings is 1. The van der Waals surface area contributed by atoms with Crippen LogP contribution >= 0.6 is 0 Å². The van der Waals surface area contributed by atoms with E-state index in [-0.39, 0.29) is 23.9 Å². The highest BCUT2D eigenvalue weighted by atomic mass is 19.1. The van der Waals surface area contributed by atoms with Gasteiger partial charge >= 0.3 is 0 Å². The molecular weight excluding hydrogens is 335 g/mol. The number of H-pyrrole nitrogens is 1. The number of likely N-dealkylation sites (tertiary alicyclic amines) is 1. The molecular formula is C19H23FN4O2. The van der Waals surface area contributed by atoms with Gasteiger partial charge in [0, 0.05) is 24.6 Å². The number of aromatic amines is 1. The third-order valence-corrected chi connectivity index (χ3v) is 5.29. The Hall–Kier alpha value is -2.25. The lowest BCUT2D eigenvalue weighted by atomic mass is 9.92. The molecule has 2 aromatic rings. The third kappa shape index (κ3) is 3.64. The van der Waals surface area contributed by atoms with Gasteiger partial charge in [-0.05, 0) is 44.0 Å². The van der Waals surface area contributed by atoms with Crippen molar-refractivity contribution < 1.29 is 13.9 Å². The lowest BCUT2D eigenvalue weighted by Gasteiger charge is -2.42. The Morgan fingerprint density at radius 3 is 3.04 bits per heavy atom. The van der Waals surface area contributed by atoms with Gasteiger partial charge in [-0.25, -0.2) is 9.37 Å². The van der Waals surface area contributed by atoms with E-state index in [1.807, 2.05) is 6.20 Å². The van der Waals surface area contributed by atoms with E-state index in [4.69, 9.17) is 4.74 Å². The maximum atomic E-state index is 13.6. The number of rotatable bonds is 3. The van der Waals surface area contributed by atoms with Crippen LogP contribution in [0.1, 0.15) is 25.1 Å². The lowest BCUT2D eigenvalue weighted by Crippen LogP contribution is -2.55. The predicted molar refractivity (Wildman–Crippen MR) is 95.2 cm³/mol. The van der Waals surface area contributed by atoms with E-state index in [0.29, 0.717) is 12.2 Å². The lowest BCUT2D eigenvalue weighted by molar-refractivity contribution is -0.140. The summed E-state index contributed by atoms with van der Waals surface area (Å²) in [5.74, 6) is 0.515. The zero-order valence-corrected chi connectivity index (χ0v) is 14.7. The topological polar surface area (TPSA) is 61.5 Å². The van der Waals surface area contributed by atoms with Crippen molar-refractivity contribution in [3.05, 3.63) is 48.3 Å². The van der Waals surface area contributed by atoms with Gasteiger partial charge in [-0.15, -0.1) is 0 Å². The maximum Gasteiger partial charge on any atom is 0.253 e. The fraction of sp³-hybridized carbons (Fsp3) is 0.474. The standard InChI is InChI=1S/C19H23FN4O2/c20-15-3-1-4-16(11-15)24-14-19(26-13-18(24)25)5-2-9-23(10-6-19)12-17-21-7-8-22-17/h1,3-4,7-8,11H,2,5-6,9-10,12-14H2,(H,21,22). The van der Waals surface area contributed by atoms with Crippen LogP contribution in [-0.2, 0) is 16.1 Å². The van der Waals surface area contributed by atoms with Crippen LogP contribution in [-0.4, -0.2) is 52.6 Å². The van der Waals surface area contributed by atoms with Crippen molar-refractivity contribution in [1.82, 2.24) is 14.9 Å². The molecule has 0 saturated carbocycles. The van der Waals surface area contributed by atoms with Crippen LogP contribution in [0.3, 0.4) is 0 Å². The Morgan fingerprint density at radius 2 is 2.23 bits per heavy atom. The number of carbonyl (C=O) groups is 1. The fourth-order valence-corrected chi connectivity index (χ4v) is 3.87. The number of nitrogens with zero attached hydrogens (tertiary/aromatic N) is 3. The number of morpholine rings is 1. The summed E-state index contributed by atoms with van der Waals surface area (Å²) < 4.78 is 19.6. The number of hydrogen-bond acceptors (Lipinski definition) is 4. The van der Waals surface area contributed by atoms with E-state index in [1.165, 1.54) is 12.1 Å². The summed E-state index contributed by atoms with van der Waals surface area (Å²) >= 11 is 0. The van der Waals surface area contributed by atoms with Gasteiger partial charge in [0.1, 0.15) is 18.2 Å². The smallest absolute Gasteiger partial charge is 0.253 e. The van der Waals surface area contributed by atoms with E-state index < -0.39 is 0 Å². The first kappa shape index (κ1) is 17.2. The number of halogens is 1. The molecule has 2 aliphatic heterocycles. The SMILES string of the molecule is O=C1COC2(CCCN(Cc3ncc[nH]3)CC2)CN1c1cccc(F)c1. The Bertz CT molecular complexity index is 767. The number of nitrogens with one attached hydrogen (secondary N) is 1. The molecule has 0 bridgehead atoms. The molecule has 1 aromatic carbocycles. The Morgan fingerprint density at radius 1 is 1.31 bits per heavy atom. The van der Waals surface area contributed by atoms with E-state index >= 15 is 0 Å². The molecule has 0 aliphatic carbocycles. The number of benzene rings is 1. The van der Waals surface area contributed by atoms with Crippen LogP contribution in [0, 0.1) is 5.82 Å². The molecule has 1 amide bonds. The quantitative estimate of drug-likeness (QED) is 0.915. The van der Waals surface area contributed by atoms with E-state index in [9.17, 15) is 9.18 Å². The summed E-state index contributed by atoms with van der Waals surface area (Å²) in [7, 11) is 0. The van der Waals surface area contributed by atoms with Crippen LogP contribution in [0.15, 0.2) is 36.7 Å². The van der Waals surface area contributed by atoms with Crippen LogP contribution in [0.5, 0.6) is 0 Å². The fourth-order valence-electron chi connectivity index (χ4n) is 3.87. The first-order valence-electron chi connectivity index (χ1n) is 9.04. The van der Waals surface area contributed by atoms with Gasteiger partial charge in [-0.2, -0.15) is 0 Å². The molecule has 0 radical (unpaired) electrons. The second-order valence-corrected chi connectivity index (χ2v) is 7.10. The van der Waals surface area contributed by atoms with Crippen molar-refractivity contribution >= 4 is 11.6 Å². The minimum Gasteiger partial charge on any atom is -0.363 e. The molecule has 6 nitrogen and oxygen atoms in total. The van der Waals surface area contributed by atoms with Crippen molar-refractivity contribution in [3.8, 4) is 0 Å². The molecule has 4 rings (SSSR count). The number of ether oxygens (including phenoxy) is 1. The predicted octanol–water partition coefficient (Wildman–Crippen LogP) is 2.34. The summed E-state index contributed by atoms with van der Waals surface area (Å²) in [6.07, 6.45) is 6.32. The minimum absolute atomic E-state index is 0.0503. The van der Waals surface area contributed by atoms with Gasteiger partial charge in [-0.3, -0.25) is 9.69 Å². The van der Waals surface area contributed by atoms with Crippen LogP contribution in [0.25, 0.3) is 0 Å². The Labute approximate surface area is 152 Å². The summed E-state index contributed by atoms with van der Waals surface area (Å²) in [4.78, 5) is 23.8. The molecule has 1 aromatic heterocycles. The van der Waals surface area contributed by atoms with Crippen molar-refractivity contribution in [1.29, 1.82) is 0 Å². The van der Waals surface area contributed by atoms with Gasteiger partial charge in [0.15, 0.2) is 0 Å². The van der Waals surface area contributed by atoms with Crippen molar-refractivity contribution in [2.45, 2.75) is 31.4 Å². The van der Waals surface area contributed by atoms with Crippen molar-refractivity contribution in [2.75, 3.05) is 31.1 Å². The van der Waals surface area contributed by atoms with Gasteiger partial charge in [0.25, 0.3) is 5.91 Å². The minimum atomic E-state index is -0.363. The third-order valence-electron chi connectivity index (χ3n) is 5.29. The first-order chi connectivity index (χ1) is 12.6. The van der Waals surface area contributed by atoms with Crippen LogP contribution < -0.4 is 4.90 Å². The van der Waals surface area contributed by atoms with E-state index in [0.717, 1.165) is 44.7 Å². The van der Waals surface area contributed by atoms with E-state index in [1.54, 1.807) is 23.2 Å². The monoisotopic (exact) mass is 358 g/mol. The molecule has 26 heavy (non-hydrogen) atoms. The molecule has 2 fully saturated rings. The Balaban J connectivity index is 1.46. The average Bonchev–Trinajstić information content (AvgIpc) is 3.07. The molecule has 1 unspecified atom stereocenters. The van der Waals surface area contributed by atoms with Crippen LogP contribution in [0.2, 0.25) is 0 Å². The van der Waals surface area contributed by atoms with Crippen molar-refractivity contribution in [3.63, 3.8) is 0 Å². The highest BCUT2D eigenvalue weighted by Gasteiger charge is 2.41. The molecule has 2 aliphatic rings. The molecule has 3 heterocycles. The molecule has 1 atom stereocenters. The molecule has 2 saturated heterocycles. The molecule has 1 spiro atoms. The first-order valence-corrected chi connectivity index (χ1v) is 9.04. The molecule has 138 valence electrons. The number of hydrogen-bond donors (Lipinski definition) is 1. The summed E-state index contributed by atoms with van der Waals surface area (Å²) in [5, 5.41) is 0. The van der Waals surface area contributed by atoms with Gasteiger partial charge < -0.3 is 14.6 Å². The zero-order valence-electron chi connectivity index (χ0n) is 14.7. The number of amides is 1.